The molecule has 2 N–H and O–H groups in total. The summed E-state index contributed by atoms with van der Waals surface area (Å²) < 4.78 is 5.18. The smallest absolute Gasteiger partial charge is 0.117 e. The van der Waals surface area contributed by atoms with E-state index in [0.717, 1.165) is 25.1 Å². The third-order valence-electron chi connectivity index (χ3n) is 2.00. The normalized spacial score (nSPS) is 13.1. The number of aliphatic hydroxyl groups is 1. The van der Waals surface area contributed by atoms with Crippen molar-refractivity contribution < 1.29 is 9.52 Å². The molecule has 0 aliphatic carbocycles. The minimum absolute atomic E-state index is 0.271. The highest BCUT2D eigenvalue weighted by molar-refractivity contribution is 4.97. The van der Waals surface area contributed by atoms with Crippen LogP contribution in [0.25, 0.3) is 0 Å². The zero-order valence-corrected chi connectivity index (χ0v) is 7.99. The quantitative estimate of drug-likeness (QED) is 0.703. The summed E-state index contributed by atoms with van der Waals surface area (Å²) >= 11 is 0. The van der Waals surface area contributed by atoms with Gasteiger partial charge >= 0.3 is 0 Å². The van der Waals surface area contributed by atoms with Crippen molar-refractivity contribution in [2.75, 3.05) is 6.61 Å². The predicted molar refractivity (Wildman–Crippen MR) is 51.3 cm³/mol. The lowest BCUT2D eigenvalue weighted by atomic mass is 10.2. The van der Waals surface area contributed by atoms with Crippen molar-refractivity contribution in [1.82, 2.24) is 5.32 Å². The van der Waals surface area contributed by atoms with Crippen molar-refractivity contribution in [2.45, 2.75) is 32.4 Å². The van der Waals surface area contributed by atoms with Crippen molar-refractivity contribution in [3.05, 3.63) is 24.2 Å². The maximum absolute atomic E-state index is 8.62. The first kappa shape index (κ1) is 10.3. The fraction of sp³-hybridized carbons (Fsp3) is 0.600. The first-order valence-electron chi connectivity index (χ1n) is 4.69. The molecule has 0 aromatic carbocycles. The summed E-state index contributed by atoms with van der Waals surface area (Å²) in [5.74, 6) is 0.954. The van der Waals surface area contributed by atoms with Gasteiger partial charge in [0.2, 0.25) is 0 Å². The minimum Gasteiger partial charge on any atom is -0.468 e. The number of hydrogen-bond donors (Lipinski definition) is 2. The summed E-state index contributed by atoms with van der Waals surface area (Å²) in [5, 5.41) is 11.9. The molecule has 0 saturated carbocycles. The molecule has 1 heterocycles. The second-order valence-corrected chi connectivity index (χ2v) is 3.23. The van der Waals surface area contributed by atoms with Crippen LogP contribution in [-0.4, -0.2) is 17.8 Å². The van der Waals surface area contributed by atoms with Gasteiger partial charge in [-0.15, -0.1) is 0 Å². The summed E-state index contributed by atoms with van der Waals surface area (Å²) in [6, 6.07) is 4.26. The Hall–Kier alpha value is -0.800. The van der Waals surface area contributed by atoms with Crippen LogP contribution in [0, 0.1) is 0 Å². The molecule has 0 saturated heterocycles. The number of furan rings is 1. The van der Waals surface area contributed by atoms with Gasteiger partial charge in [0.05, 0.1) is 12.8 Å². The highest BCUT2D eigenvalue weighted by Crippen LogP contribution is 2.01. The van der Waals surface area contributed by atoms with E-state index in [1.54, 1.807) is 6.26 Å². The second-order valence-electron chi connectivity index (χ2n) is 3.23. The molecule has 3 heteroatoms. The van der Waals surface area contributed by atoms with Gasteiger partial charge in [-0.05, 0) is 31.9 Å². The van der Waals surface area contributed by atoms with Crippen molar-refractivity contribution >= 4 is 0 Å². The van der Waals surface area contributed by atoms with Crippen LogP contribution in [0.5, 0.6) is 0 Å². The number of nitrogens with one attached hydrogen (secondary N) is 1. The van der Waals surface area contributed by atoms with E-state index in [4.69, 9.17) is 9.52 Å². The van der Waals surface area contributed by atoms with Gasteiger partial charge in [0.25, 0.3) is 0 Å². The van der Waals surface area contributed by atoms with Gasteiger partial charge in [0, 0.05) is 12.6 Å². The van der Waals surface area contributed by atoms with E-state index in [1.807, 2.05) is 12.1 Å². The summed E-state index contributed by atoms with van der Waals surface area (Å²) in [6.45, 7) is 3.14. The molecule has 13 heavy (non-hydrogen) atoms. The molecule has 0 amide bonds. The van der Waals surface area contributed by atoms with Gasteiger partial charge in [0.1, 0.15) is 5.76 Å². The molecule has 0 bridgehead atoms. The molecule has 0 aliphatic heterocycles. The van der Waals surface area contributed by atoms with Gasteiger partial charge in [0.15, 0.2) is 0 Å². The summed E-state index contributed by atoms with van der Waals surface area (Å²) in [4.78, 5) is 0. The molecule has 0 aliphatic rings. The van der Waals surface area contributed by atoms with Crippen LogP contribution in [0.1, 0.15) is 25.5 Å². The Morgan fingerprint density at radius 1 is 1.62 bits per heavy atom. The monoisotopic (exact) mass is 183 g/mol. The van der Waals surface area contributed by atoms with Crippen molar-refractivity contribution in [1.29, 1.82) is 0 Å². The highest BCUT2D eigenvalue weighted by atomic mass is 16.3. The molecule has 1 rings (SSSR count). The Bertz CT molecular complexity index is 209. The summed E-state index contributed by atoms with van der Waals surface area (Å²) in [6.07, 6.45) is 3.53. The van der Waals surface area contributed by atoms with E-state index < -0.39 is 0 Å². The van der Waals surface area contributed by atoms with Crippen LogP contribution in [0.3, 0.4) is 0 Å². The van der Waals surface area contributed by atoms with Gasteiger partial charge in [-0.1, -0.05) is 0 Å². The number of aliphatic hydroxyl groups excluding tert-OH is 1. The van der Waals surface area contributed by atoms with E-state index in [2.05, 4.69) is 12.2 Å². The molecular formula is C10H17NO2. The summed E-state index contributed by atoms with van der Waals surface area (Å²) in [7, 11) is 0. The molecule has 0 fully saturated rings. The zero-order valence-electron chi connectivity index (χ0n) is 7.99. The van der Waals surface area contributed by atoms with E-state index >= 15 is 0 Å². The molecule has 74 valence electrons. The lowest BCUT2D eigenvalue weighted by molar-refractivity contribution is 0.275. The molecule has 0 spiro atoms. The largest absolute Gasteiger partial charge is 0.468 e. The van der Waals surface area contributed by atoms with Gasteiger partial charge in [-0.25, -0.2) is 0 Å². The maximum Gasteiger partial charge on any atom is 0.117 e. The highest BCUT2D eigenvalue weighted by Gasteiger charge is 2.01. The van der Waals surface area contributed by atoms with Crippen molar-refractivity contribution in [3.8, 4) is 0 Å². The first-order valence-corrected chi connectivity index (χ1v) is 4.69. The average Bonchev–Trinajstić information content (AvgIpc) is 2.64. The Kier molecular flexibility index (Phi) is 4.57. The molecule has 1 aromatic heterocycles. The van der Waals surface area contributed by atoms with Gasteiger partial charge in [-0.3, -0.25) is 0 Å². The van der Waals surface area contributed by atoms with Crippen molar-refractivity contribution in [3.63, 3.8) is 0 Å². The fourth-order valence-electron chi connectivity index (χ4n) is 1.19. The molecule has 3 nitrogen and oxygen atoms in total. The third-order valence-corrected chi connectivity index (χ3v) is 2.00. The maximum atomic E-state index is 8.62. The average molecular weight is 183 g/mol. The number of rotatable bonds is 6. The Morgan fingerprint density at radius 2 is 2.46 bits per heavy atom. The Balaban J connectivity index is 2.11. The zero-order chi connectivity index (χ0) is 9.52. The topological polar surface area (TPSA) is 45.4 Å². The van der Waals surface area contributed by atoms with Crippen LogP contribution < -0.4 is 5.32 Å². The third kappa shape index (κ3) is 4.10. The van der Waals surface area contributed by atoms with E-state index in [-0.39, 0.29) is 6.61 Å². The standard InChI is InChI=1S/C10H17NO2/c1-9(4-2-6-12)11-8-10-5-3-7-13-10/h3,5,7,9,11-12H,2,4,6,8H2,1H3. The lowest BCUT2D eigenvalue weighted by Gasteiger charge is -2.11. The molecule has 1 atom stereocenters. The summed E-state index contributed by atoms with van der Waals surface area (Å²) in [5.41, 5.74) is 0. The van der Waals surface area contributed by atoms with Crippen LogP contribution in [0.4, 0.5) is 0 Å². The molecule has 1 aromatic rings. The van der Waals surface area contributed by atoms with Gasteiger partial charge < -0.3 is 14.8 Å². The van der Waals surface area contributed by atoms with Crippen molar-refractivity contribution in [2.24, 2.45) is 0 Å². The van der Waals surface area contributed by atoms with Crippen LogP contribution >= 0.6 is 0 Å². The predicted octanol–water partition coefficient (Wildman–Crippen LogP) is 1.53. The molecule has 0 radical (unpaired) electrons. The van der Waals surface area contributed by atoms with E-state index in [0.29, 0.717) is 6.04 Å². The SMILES string of the molecule is CC(CCCO)NCc1ccco1. The minimum atomic E-state index is 0.271. The Morgan fingerprint density at radius 3 is 3.08 bits per heavy atom. The Labute approximate surface area is 78.8 Å². The lowest BCUT2D eigenvalue weighted by Crippen LogP contribution is -2.25. The van der Waals surface area contributed by atoms with E-state index in [9.17, 15) is 0 Å². The van der Waals surface area contributed by atoms with Crippen LogP contribution in [-0.2, 0) is 6.54 Å². The van der Waals surface area contributed by atoms with Crippen LogP contribution in [0.2, 0.25) is 0 Å². The van der Waals surface area contributed by atoms with Crippen LogP contribution in [0.15, 0.2) is 22.8 Å². The molecular weight excluding hydrogens is 166 g/mol. The fourth-order valence-corrected chi connectivity index (χ4v) is 1.19. The first-order chi connectivity index (χ1) is 6.33. The number of hydrogen-bond acceptors (Lipinski definition) is 3. The van der Waals surface area contributed by atoms with E-state index in [1.165, 1.54) is 0 Å². The molecule has 1 unspecified atom stereocenters. The second kappa shape index (κ2) is 5.78. The van der Waals surface area contributed by atoms with Gasteiger partial charge in [-0.2, -0.15) is 0 Å².